The number of rotatable bonds is 18. The number of aliphatic hydroxyl groups is 1. The van der Waals surface area contributed by atoms with Gasteiger partial charge in [-0.3, -0.25) is 4.79 Å². The highest BCUT2D eigenvalue weighted by atomic mass is 16.3. The lowest BCUT2D eigenvalue weighted by atomic mass is 9.92. The predicted octanol–water partition coefficient (Wildman–Crippen LogP) is 5.65. The summed E-state index contributed by atoms with van der Waals surface area (Å²) in [6.07, 6.45) is 18.8. The minimum atomic E-state index is -0.0748. The molecule has 3 nitrogen and oxygen atoms in total. The third-order valence-corrected chi connectivity index (χ3v) is 4.89. The number of ketones is 1. The Morgan fingerprint density at radius 1 is 0.960 bits per heavy atom. The number of Topliss-reactive ketones (excluding diaryl/α,β-unsaturated/α-hetero) is 1. The summed E-state index contributed by atoms with van der Waals surface area (Å²) in [6, 6.07) is 0. The van der Waals surface area contributed by atoms with E-state index in [-0.39, 0.29) is 18.4 Å². The molecule has 25 heavy (non-hydrogen) atoms. The number of carbonyl (C=O) groups is 2. The second kappa shape index (κ2) is 17.8. The highest BCUT2D eigenvalue weighted by molar-refractivity contribution is 5.78. The molecule has 0 bridgehead atoms. The first-order valence-corrected chi connectivity index (χ1v) is 10.4. The molecule has 1 unspecified atom stereocenters. The summed E-state index contributed by atoms with van der Waals surface area (Å²) in [7, 11) is 0. The molecule has 0 aliphatic heterocycles. The van der Waals surface area contributed by atoms with Crippen molar-refractivity contribution in [2.24, 2.45) is 11.8 Å². The van der Waals surface area contributed by atoms with E-state index in [2.05, 4.69) is 19.1 Å². The maximum Gasteiger partial charge on any atom is 0.132 e. The van der Waals surface area contributed by atoms with Gasteiger partial charge in [0.15, 0.2) is 0 Å². The summed E-state index contributed by atoms with van der Waals surface area (Å²) in [6.45, 7) is 4.30. The molecule has 0 aliphatic rings. The minimum Gasteiger partial charge on any atom is -0.396 e. The van der Waals surface area contributed by atoms with Crippen molar-refractivity contribution in [2.75, 3.05) is 6.61 Å². The van der Waals surface area contributed by atoms with Crippen molar-refractivity contribution in [2.45, 2.75) is 97.3 Å². The van der Waals surface area contributed by atoms with Crippen molar-refractivity contribution in [1.82, 2.24) is 0 Å². The number of unbranched alkanes of at least 4 members (excludes halogenated alkanes) is 8. The Kier molecular flexibility index (Phi) is 17.2. The van der Waals surface area contributed by atoms with Gasteiger partial charge in [-0.05, 0) is 38.0 Å². The Morgan fingerprint density at radius 2 is 1.56 bits per heavy atom. The molecule has 0 saturated carbocycles. The average Bonchev–Trinajstić information content (AvgIpc) is 2.61. The van der Waals surface area contributed by atoms with Gasteiger partial charge in [-0.2, -0.15) is 0 Å². The molecule has 146 valence electrons. The van der Waals surface area contributed by atoms with E-state index in [0.29, 0.717) is 12.2 Å². The average molecular weight is 353 g/mol. The second-order valence-corrected chi connectivity index (χ2v) is 7.26. The van der Waals surface area contributed by atoms with Gasteiger partial charge in [0.25, 0.3) is 0 Å². The topological polar surface area (TPSA) is 54.4 Å². The van der Waals surface area contributed by atoms with Gasteiger partial charge in [-0.15, -0.1) is 0 Å². The largest absolute Gasteiger partial charge is 0.396 e. The molecular formula is C22H40O3. The predicted molar refractivity (Wildman–Crippen MR) is 106 cm³/mol. The van der Waals surface area contributed by atoms with Gasteiger partial charge >= 0.3 is 0 Å². The van der Waals surface area contributed by atoms with Crippen LogP contribution in [0.3, 0.4) is 0 Å². The van der Waals surface area contributed by atoms with Gasteiger partial charge in [0.05, 0.1) is 0 Å². The highest BCUT2D eigenvalue weighted by Gasteiger charge is 2.12. The molecule has 0 aromatic heterocycles. The molecule has 0 radical (unpaired) electrons. The van der Waals surface area contributed by atoms with Gasteiger partial charge in [-0.1, -0.05) is 64.5 Å². The standard InChI is InChI=1S/C22H40O3/c1-3-4-5-8-12-15-22(25)16-13-10-7-6-9-11-14-20(2)21(19-24)17-18-23/h11,14,19-21,23H,3-10,12-13,15-18H2,1-2H3/b14-11+/t20?,21-/m0/s1. The molecule has 0 amide bonds. The number of carbonyl (C=O) groups excluding carboxylic acids is 2. The monoisotopic (exact) mass is 352 g/mol. The Morgan fingerprint density at radius 3 is 2.12 bits per heavy atom. The van der Waals surface area contributed by atoms with E-state index >= 15 is 0 Å². The number of hydrogen-bond donors (Lipinski definition) is 1. The molecular weight excluding hydrogens is 312 g/mol. The van der Waals surface area contributed by atoms with E-state index in [1.54, 1.807) is 0 Å². The smallest absolute Gasteiger partial charge is 0.132 e. The van der Waals surface area contributed by atoms with Crippen molar-refractivity contribution in [3.8, 4) is 0 Å². The summed E-state index contributed by atoms with van der Waals surface area (Å²) in [5.41, 5.74) is 0. The van der Waals surface area contributed by atoms with Crippen LogP contribution in [-0.2, 0) is 9.59 Å². The van der Waals surface area contributed by atoms with Crippen molar-refractivity contribution < 1.29 is 14.7 Å². The first-order valence-electron chi connectivity index (χ1n) is 10.4. The van der Waals surface area contributed by atoms with Crippen LogP contribution in [0.1, 0.15) is 97.3 Å². The van der Waals surface area contributed by atoms with E-state index in [4.69, 9.17) is 5.11 Å². The fourth-order valence-corrected chi connectivity index (χ4v) is 3.05. The van der Waals surface area contributed by atoms with Gasteiger partial charge in [-0.25, -0.2) is 0 Å². The maximum absolute atomic E-state index is 11.8. The Bertz CT molecular complexity index is 349. The van der Waals surface area contributed by atoms with E-state index in [0.717, 1.165) is 57.7 Å². The zero-order chi connectivity index (χ0) is 18.8. The molecule has 1 N–H and O–H groups in total. The van der Waals surface area contributed by atoms with Crippen LogP contribution in [0, 0.1) is 11.8 Å². The van der Waals surface area contributed by atoms with Gasteiger partial charge in [0.2, 0.25) is 0 Å². The van der Waals surface area contributed by atoms with E-state index < -0.39 is 0 Å². The fourth-order valence-electron chi connectivity index (χ4n) is 3.05. The van der Waals surface area contributed by atoms with Crippen LogP contribution in [0.5, 0.6) is 0 Å². The molecule has 0 aliphatic carbocycles. The summed E-state index contributed by atoms with van der Waals surface area (Å²) < 4.78 is 0. The molecule has 0 spiro atoms. The number of hydrogen-bond acceptors (Lipinski definition) is 3. The zero-order valence-electron chi connectivity index (χ0n) is 16.5. The van der Waals surface area contributed by atoms with Crippen molar-refractivity contribution in [3.63, 3.8) is 0 Å². The molecule has 0 saturated heterocycles. The third-order valence-electron chi connectivity index (χ3n) is 4.89. The van der Waals surface area contributed by atoms with Gasteiger partial charge in [0.1, 0.15) is 12.1 Å². The third kappa shape index (κ3) is 15.0. The maximum atomic E-state index is 11.8. The van der Waals surface area contributed by atoms with Crippen LogP contribution in [0.25, 0.3) is 0 Å². The van der Waals surface area contributed by atoms with E-state index in [9.17, 15) is 9.59 Å². The summed E-state index contributed by atoms with van der Waals surface area (Å²) >= 11 is 0. The van der Waals surface area contributed by atoms with Crippen LogP contribution in [0.2, 0.25) is 0 Å². The first kappa shape index (κ1) is 24.0. The molecule has 0 heterocycles. The highest BCUT2D eigenvalue weighted by Crippen LogP contribution is 2.15. The first-order chi connectivity index (χ1) is 12.2. The lowest BCUT2D eigenvalue weighted by Crippen LogP contribution is -2.12. The summed E-state index contributed by atoms with van der Waals surface area (Å²) in [4.78, 5) is 22.7. The quantitative estimate of drug-likeness (QED) is 0.197. The molecule has 3 heteroatoms. The van der Waals surface area contributed by atoms with Crippen molar-refractivity contribution in [3.05, 3.63) is 12.2 Å². The van der Waals surface area contributed by atoms with Crippen LogP contribution in [0.4, 0.5) is 0 Å². The summed E-state index contributed by atoms with van der Waals surface area (Å²) in [5.74, 6) is 0.558. The van der Waals surface area contributed by atoms with E-state index in [1.165, 1.54) is 25.7 Å². The molecule has 0 rings (SSSR count). The lowest BCUT2D eigenvalue weighted by molar-refractivity contribution is -0.119. The van der Waals surface area contributed by atoms with Gasteiger partial charge in [0, 0.05) is 25.4 Å². The van der Waals surface area contributed by atoms with Crippen LogP contribution in [0.15, 0.2) is 12.2 Å². The Balaban J connectivity index is 3.52. The van der Waals surface area contributed by atoms with E-state index in [1.807, 2.05) is 6.92 Å². The number of aldehydes is 1. The molecule has 2 atom stereocenters. The zero-order valence-corrected chi connectivity index (χ0v) is 16.5. The number of allylic oxidation sites excluding steroid dienone is 2. The molecule has 0 fully saturated rings. The van der Waals surface area contributed by atoms with Crippen LogP contribution < -0.4 is 0 Å². The fraction of sp³-hybridized carbons (Fsp3) is 0.818. The van der Waals surface area contributed by atoms with Gasteiger partial charge < -0.3 is 9.90 Å². The second-order valence-electron chi connectivity index (χ2n) is 7.26. The van der Waals surface area contributed by atoms with Crippen molar-refractivity contribution >= 4 is 12.1 Å². The SMILES string of the molecule is CCCCCCCC(=O)CCCCCC/C=C/C(C)[C@H](C=O)CCO. The molecule has 0 aromatic rings. The Hall–Kier alpha value is -0.960. The lowest BCUT2D eigenvalue weighted by Gasteiger charge is -2.13. The Labute approximate surface area is 155 Å². The summed E-state index contributed by atoms with van der Waals surface area (Å²) in [5, 5.41) is 8.92. The van der Waals surface area contributed by atoms with Crippen molar-refractivity contribution in [1.29, 1.82) is 0 Å². The number of aliphatic hydroxyl groups excluding tert-OH is 1. The minimum absolute atomic E-state index is 0.0685. The van der Waals surface area contributed by atoms with Crippen LogP contribution >= 0.6 is 0 Å². The molecule has 0 aromatic carbocycles. The normalized spacial score (nSPS) is 13.9. The van der Waals surface area contributed by atoms with Crippen LogP contribution in [-0.4, -0.2) is 23.8 Å².